The van der Waals surface area contributed by atoms with Gasteiger partial charge in [0.2, 0.25) is 0 Å². The van der Waals surface area contributed by atoms with Crippen LogP contribution in [0.2, 0.25) is 0 Å². The predicted octanol–water partition coefficient (Wildman–Crippen LogP) is 3.11. The first-order valence-electron chi connectivity index (χ1n) is 7.81. The molecule has 108 valence electrons. The first-order valence-corrected chi connectivity index (χ1v) is 8.69. The maximum absolute atomic E-state index is 2.66. The summed E-state index contributed by atoms with van der Waals surface area (Å²) >= 11 is 2.16. The third-order valence-electron chi connectivity index (χ3n) is 5.60. The molecule has 20 heavy (non-hydrogen) atoms. The Labute approximate surface area is 126 Å². The second-order valence-corrected chi connectivity index (χ2v) is 8.20. The molecule has 2 nitrogen and oxygen atoms in total. The van der Waals surface area contributed by atoms with E-state index < -0.39 is 0 Å². The molecule has 3 atom stereocenters. The van der Waals surface area contributed by atoms with Crippen LogP contribution >= 0.6 is 11.8 Å². The van der Waals surface area contributed by atoms with Crippen molar-refractivity contribution in [1.82, 2.24) is 4.90 Å². The highest BCUT2D eigenvalue weighted by molar-refractivity contribution is 8.00. The lowest BCUT2D eigenvalue weighted by Gasteiger charge is -2.23. The Kier molecular flexibility index (Phi) is 2.87. The lowest BCUT2D eigenvalue weighted by atomic mass is 9.95. The minimum absolute atomic E-state index is 0.651. The summed E-state index contributed by atoms with van der Waals surface area (Å²) in [6.45, 7) is 6.24. The predicted molar refractivity (Wildman–Crippen MR) is 86.8 cm³/mol. The SMILES string of the molecule is CCN1CC2CC2(C2Cc3cc(N(C)C)ccc3S2)C1. The number of thioether (sulfide) groups is 1. The normalized spacial score (nSPS) is 35.0. The lowest BCUT2D eigenvalue weighted by Crippen LogP contribution is -2.29. The van der Waals surface area contributed by atoms with Crippen LogP contribution in [0.5, 0.6) is 0 Å². The number of hydrogen-bond acceptors (Lipinski definition) is 3. The Hall–Kier alpha value is -0.670. The van der Waals surface area contributed by atoms with Crippen molar-refractivity contribution < 1.29 is 0 Å². The van der Waals surface area contributed by atoms with Gasteiger partial charge in [-0.15, -0.1) is 11.8 Å². The molecule has 2 aliphatic heterocycles. The van der Waals surface area contributed by atoms with Crippen molar-refractivity contribution in [3.8, 4) is 0 Å². The molecule has 1 aromatic rings. The summed E-state index contributed by atoms with van der Waals surface area (Å²) in [6.07, 6.45) is 2.77. The number of piperidine rings is 1. The average Bonchev–Trinajstić information content (AvgIpc) is 2.86. The standard InChI is InChI=1S/C17H24N2S/c1-4-19-10-13-9-17(13,11-19)16-8-12-7-14(18(2)3)5-6-15(12)20-16/h5-7,13,16H,4,8-11H2,1-3H3. The van der Waals surface area contributed by atoms with Crippen molar-refractivity contribution in [3.63, 3.8) is 0 Å². The fourth-order valence-electron chi connectivity index (χ4n) is 4.20. The number of hydrogen-bond donors (Lipinski definition) is 0. The molecule has 0 aromatic heterocycles. The van der Waals surface area contributed by atoms with Crippen molar-refractivity contribution in [2.45, 2.75) is 29.9 Å². The molecule has 1 saturated heterocycles. The van der Waals surface area contributed by atoms with Crippen LogP contribution < -0.4 is 4.90 Å². The highest BCUT2D eigenvalue weighted by atomic mass is 32.2. The quantitative estimate of drug-likeness (QED) is 0.844. The van der Waals surface area contributed by atoms with Crippen LogP contribution in [0.15, 0.2) is 23.1 Å². The fraction of sp³-hybridized carbons (Fsp3) is 0.647. The molecule has 1 aromatic carbocycles. The Morgan fingerprint density at radius 1 is 1.40 bits per heavy atom. The fourth-order valence-corrected chi connectivity index (χ4v) is 5.81. The van der Waals surface area contributed by atoms with E-state index in [0.29, 0.717) is 5.41 Å². The van der Waals surface area contributed by atoms with Gasteiger partial charge in [-0.05, 0) is 54.5 Å². The van der Waals surface area contributed by atoms with E-state index in [1.54, 1.807) is 5.56 Å². The zero-order chi connectivity index (χ0) is 13.9. The Morgan fingerprint density at radius 3 is 2.95 bits per heavy atom. The van der Waals surface area contributed by atoms with Gasteiger partial charge in [-0.2, -0.15) is 0 Å². The van der Waals surface area contributed by atoms with Gasteiger partial charge in [0.05, 0.1) is 0 Å². The number of anilines is 1. The number of likely N-dealkylation sites (tertiary alicyclic amines) is 1. The smallest absolute Gasteiger partial charge is 0.0364 e. The molecule has 0 radical (unpaired) electrons. The van der Waals surface area contributed by atoms with Crippen molar-refractivity contribution >= 4 is 17.4 Å². The third kappa shape index (κ3) is 1.82. The van der Waals surface area contributed by atoms with E-state index in [1.807, 2.05) is 0 Å². The van der Waals surface area contributed by atoms with E-state index in [9.17, 15) is 0 Å². The summed E-state index contributed by atoms with van der Waals surface area (Å²) in [6, 6.07) is 7.02. The molecular weight excluding hydrogens is 264 g/mol. The highest BCUT2D eigenvalue weighted by Gasteiger charge is 2.64. The van der Waals surface area contributed by atoms with Crippen LogP contribution in [0.4, 0.5) is 5.69 Å². The highest BCUT2D eigenvalue weighted by Crippen LogP contribution is 2.65. The Balaban J connectivity index is 1.55. The monoisotopic (exact) mass is 288 g/mol. The third-order valence-corrected chi connectivity index (χ3v) is 7.17. The summed E-state index contributed by atoms with van der Waals surface area (Å²) in [4.78, 5) is 6.41. The number of rotatable bonds is 3. The number of fused-ring (bicyclic) bond motifs is 2. The molecule has 0 spiro atoms. The van der Waals surface area contributed by atoms with E-state index in [4.69, 9.17) is 0 Å². The van der Waals surface area contributed by atoms with Crippen molar-refractivity contribution in [3.05, 3.63) is 23.8 Å². The summed E-state index contributed by atoms with van der Waals surface area (Å²) in [5, 5.41) is 0.830. The van der Waals surface area contributed by atoms with Crippen LogP contribution in [0, 0.1) is 11.3 Å². The van der Waals surface area contributed by atoms with Crippen molar-refractivity contribution in [2.24, 2.45) is 11.3 Å². The molecule has 4 rings (SSSR count). The van der Waals surface area contributed by atoms with Gasteiger partial charge in [0.1, 0.15) is 0 Å². The summed E-state index contributed by atoms with van der Waals surface area (Å²) < 4.78 is 0. The maximum Gasteiger partial charge on any atom is 0.0364 e. The van der Waals surface area contributed by atoms with Crippen LogP contribution in [0.1, 0.15) is 18.9 Å². The molecule has 0 bridgehead atoms. The first-order chi connectivity index (χ1) is 9.62. The molecule has 1 aliphatic carbocycles. The molecule has 3 unspecified atom stereocenters. The zero-order valence-corrected chi connectivity index (χ0v) is 13.5. The van der Waals surface area contributed by atoms with Gasteiger partial charge in [0.25, 0.3) is 0 Å². The second kappa shape index (κ2) is 4.41. The van der Waals surface area contributed by atoms with Crippen molar-refractivity contribution in [2.75, 3.05) is 38.6 Å². The van der Waals surface area contributed by atoms with Gasteiger partial charge in [-0.1, -0.05) is 6.92 Å². The molecule has 3 heteroatoms. The van der Waals surface area contributed by atoms with Gasteiger partial charge < -0.3 is 9.80 Å². The second-order valence-electron chi connectivity index (χ2n) is 6.96. The number of benzene rings is 1. The van der Waals surface area contributed by atoms with E-state index in [1.165, 1.54) is 43.1 Å². The minimum Gasteiger partial charge on any atom is -0.378 e. The van der Waals surface area contributed by atoms with Crippen LogP contribution in [-0.4, -0.2) is 43.9 Å². The number of nitrogens with zero attached hydrogens (tertiary/aromatic N) is 2. The topological polar surface area (TPSA) is 6.48 Å². The zero-order valence-electron chi connectivity index (χ0n) is 12.7. The minimum atomic E-state index is 0.651. The summed E-state index contributed by atoms with van der Waals surface area (Å²) in [7, 11) is 4.26. The van der Waals surface area contributed by atoms with E-state index in [0.717, 1.165) is 11.2 Å². The summed E-state index contributed by atoms with van der Waals surface area (Å²) in [5.41, 5.74) is 3.58. The maximum atomic E-state index is 2.66. The van der Waals surface area contributed by atoms with E-state index >= 15 is 0 Å². The molecule has 2 heterocycles. The molecule has 1 saturated carbocycles. The van der Waals surface area contributed by atoms with E-state index in [2.05, 4.69) is 60.8 Å². The van der Waals surface area contributed by atoms with Crippen LogP contribution in [0.3, 0.4) is 0 Å². The average molecular weight is 288 g/mol. The first kappa shape index (κ1) is 13.0. The van der Waals surface area contributed by atoms with Crippen molar-refractivity contribution in [1.29, 1.82) is 0 Å². The van der Waals surface area contributed by atoms with Gasteiger partial charge in [0, 0.05) is 43.0 Å². The molecule has 2 fully saturated rings. The van der Waals surface area contributed by atoms with Crippen LogP contribution in [-0.2, 0) is 6.42 Å². The van der Waals surface area contributed by atoms with Gasteiger partial charge in [-0.3, -0.25) is 0 Å². The molecule has 3 aliphatic rings. The van der Waals surface area contributed by atoms with Gasteiger partial charge in [-0.25, -0.2) is 0 Å². The van der Waals surface area contributed by atoms with Gasteiger partial charge >= 0.3 is 0 Å². The molecule has 0 amide bonds. The largest absolute Gasteiger partial charge is 0.378 e. The molecule has 0 N–H and O–H groups in total. The Bertz CT molecular complexity index is 542. The Morgan fingerprint density at radius 2 is 2.25 bits per heavy atom. The van der Waals surface area contributed by atoms with E-state index in [-0.39, 0.29) is 0 Å². The molecular formula is C17H24N2S. The van der Waals surface area contributed by atoms with Crippen LogP contribution in [0.25, 0.3) is 0 Å². The summed E-state index contributed by atoms with van der Waals surface area (Å²) in [5.74, 6) is 0.989. The van der Waals surface area contributed by atoms with Gasteiger partial charge in [0.15, 0.2) is 0 Å². The lowest BCUT2D eigenvalue weighted by molar-refractivity contribution is 0.291.